The average molecular weight is 589 g/mol. The Hall–Kier alpha value is -4.76. The first kappa shape index (κ1) is 28.0. The molecule has 0 saturated heterocycles. The number of fused-ring (bicyclic) bond motifs is 1. The highest BCUT2D eigenvalue weighted by Crippen LogP contribution is 2.55. The summed E-state index contributed by atoms with van der Waals surface area (Å²) < 4.78 is 14.9. The number of nitrogens with zero attached hydrogens (tertiary/aromatic N) is 6. The van der Waals surface area contributed by atoms with Gasteiger partial charge in [-0.25, -0.2) is 9.48 Å². The fourth-order valence-corrected chi connectivity index (χ4v) is 6.42. The molecule has 2 aliphatic rings. The zero-order chi connectivity index (χ0) is 30.2. The summed E-state index contributed by atoms with van der Waals surface area (Å²) in [5.74, 6) is 0.892. The molecule has 5 aromatic rings. The predicted molar refractivity (Wildman–Crippen MR) is 167 cm³/mol. The highest BCUT2D eigenvalue weighted by atomic mass is 16.5. The number of benzene rings is 3. The normalized spacial score (nSPS) is 19.6. The van der Waals surface area contributed by atoms with Crippen molar-refractivity contribution in [1.29, 1.82) is 0 Å². The average Bonchev–Trinajstić information content (AvgIpc) is 3.58. The molecule has 1 aliphatic carbocycles. The highest BCUT2D eigenvalue weighted by Gasteiger charge is 2.46. The van der Waals surface area contributed by atoms with Crippen molar-refractivity contribution in [3.05, 3.63) is 113 Å². The Morgan fingerprint density at radius 1 is 1.02 bits per heavy atom. The molecular weight excluding hydrogens is 552 g/mol. The number of hydrogen-bond donors (Lipinski definition) is 0. The van der Waals surface area contributed by atoms with Gasteiger partial charge in [0.15, 0.2) is 0 Å². The van der Waals surface area contributed by atoms with Crippen LogP contribution in [0.5, 0.6) is 5.75 Å². The molecule has 3 atom stereocenters. The Bertz CT molecular complexity index is 1810. The summed E-state index contributed by atoms with van der Waals surface area (Å²) >= 11 is 0. The first-order valence-electron chi connectivity index (χ1n) is 15.2. The highest BCUT2D eigenvalue weighted by molar-refractivity contribution is 5.91. The van der Waals surface area contributed by atoms with Gasteiger partial charge in [0.25, 0.3) is 0 Å². The molecule has 1 saturated carbocycles. The summed E-state index contributed by atoms with van der Waals surface area (Å²) in [6.45, 7) is 4.61. The zero-order valence-corrected chi connectivity index (χ0v) is 25.3. The van der Waals surface area contributed by atoms with Gasteiger partial charge >= 0.3 is 5.97 Å². The molecule has 7 rings (SSSR count). The van der Waals surface area contributed by atoms with Gasteiger partial charge < -0.3 is 9.47 Å². The number of carbonyl (C=O) groups is 1. The monoisotopic (exact) mass is 588 g/mol. The molecule has 0 bridgehead atoms. The van der Waals surface area contributed by atoms with Gasteiger partial charge in [-0.15, -0.1) is 5.10 Å². The lowest BCUT2D eigenvalue weighted by Crippen LogP contribution is -2.36. The third-order valence-corrected chi connectivity index (χ3v) is 8.86. The molecule has 0 spiro atoms. The van der Waals surface area contributed by atoms with Crippen molar-refractivity contribution in [3.8, 4) is 22.6 Å². The number of hydrogen-bond acceptors (Lipinski definition) is 7. The summed E-state index contributed by atoms with van der Waals surface area (Å²) in [5, 5.41) is 13.1. The van der Waals surface area contributed by atoms with E-state index in [1.165, 1.54) is 18.2 Å². The largest absolute Gasteiger partial charge is 0.492 e. The van der Waals surface area contributed by atoms with Crippen LogP contribution in [0, 0.1) is 0 Å². The smallest absolute Gasteiger partial charge is 0.341 e. The number of ether oxygens (including phenoxy) is 2. The second-order valence-electron chi connectivity index (χ2n) is 11.7. The summed E-state index contributed by atoms with van der Waals surface area (Å²) in [7, 11) is 3.27. The molecule has 9 nitrogen and oxygen atoms in total. The van der Waals surface area contributed by atoms with Gasteiger partial charge in [-0.3, -0.25) is 9.58 Å². The summed E-state index contributed by atoms with van der Waals surface area (Å²) in [5.41, 5.74) is 7.87. The van der Waals surface area contributed by atoms with Crippen molar-refractivity contribution in [2.75, 3.05) is 13.7 Å². The van der Waals surface area contributed by atoms with E-state index in [1.807, 2.05) is 36.1 Å². The molecule has 9 heteroatoms. The third-order valence-electron chi connectivity index (χ3n) is 8.86. The number of carbonyl (C=O) groups excluding carboxylic acids is 1. The summed E-state index contributed by atoms with van der Waals surface area (Å²) in [4.78, 5) is 15.3. The standard InChI is InChI=1S/C35H36N6O3/c1-4-27-22-44-33-14-6-5-10-26(33)20-40(27)19-23-9-7-11-24(15-23)25-12-8-13-28(16-25)41-34(31(18-36-41)35(42)43-3)30-17-29(30)32-21-39(2)38-37-32/h5-16,18,21,27,29-30H,4,17,19-20,22H2,1-3H3/t27?,29-,30-/m0/s1. The number of rotatable bonds is 8. The van der Waals surface area contributed by atoms with Crippen LogP contribution >= 0.6 is 0 Å². The van der Waals surface area contributed by atoms with Crippen molar-refractivity contribution in [2.24, 2.45) is 7.05 Å². The van der Waals surface area contributed by atoms with Crippen LogP contribution in [0.25, 0.3) is 16.8 Å². The van der Waals surface area contributed by atoms with E-state index in [1.54, 1.807) is 10.9 Å². The molecular formula is C35H36N6O3. The lowest BCUT2D eigenvalue weighted by Gasteiger charge is -2.28. The zero-order valence-electron chi connectivity index (χ0n) is 25.3. The lowest BCUT2D eigenvalue weighted by molar-refractivity contribution is 0.0599. The van der Waals surface area contributed by atoms with E-state index in [9.17, 15) is 4.79 Å². The van der Waals surface area contributed by atoms with Gasteiger partial charge in [0, 0.05) is 49.8 Å². The molecule has 1 unspecified atom stereocenters. The molecule has 224 valence electrons. The fraction of sp³-hybridized carbons (Fsp3) is 0.314. The second-order valence-corrected chi connectivity index (χ2v) is 11.7. The van der Waals surface area contributed by atoms with Crippen LogP contribution in [0.1, 0.15) is 64.5 Å². The quantitative estimate of drug-likeness (QED) is 0.209. The van der Waals surface area contributed by atoms with Crippen molar-refractivity contribution in [3.63, 3.8) is 0 Å². The fourth-order valence-electron chi connectivity index (χ4n) is 6.42. The van der Waals surface area contributed by atoms with E-state index in [4.69, 9.17) is 9.47 Å². The van der Waals surface area contributed by atoms with Crippen LogP contribution in [-0.2, 0) is 24.9 Å². The summed E-state index contributed by atoms with van der Waals surface area (Å²) in [6.07, 6.45) is 5.46. The lowest BCUT2D eigenvalue weighted by atomic mass is 10.0. The maximum atomic E-state index is 12.8. The first-order valence-corrected chi connectivity index (χ1v) is 15.2. The van der Waals surface area contributed by atoms with Gasteiger partial charge in [0.1, 0.15) is 17.9 Å². The van der Waals surface area contributed by atoms with Crippen LogP contribution in [0.4, 0.5) is 0 Å². The number of aromatic nitrogens is 5. The second kappa shape index (κ2) is 11.7. The molecule has 1 fully saturated rings. The molecule has 2 aromatic heterocycles. The Morgan fingerprint density at radius 3 is 2.64 bits per heavy atom. The van der Waals surface area contributed by atoms with Crippen molar-refractivity contribution in [2.45, 2.75) is 50.7 Å². The molecule has 3 heterocycles. The van der Waals surface area contributed by atoms with Crippen LogP contribution in [0.2, 0.25) is 0 Å². The summed E-state index contributed by atoms with van der Waals surface area (Å²) in [6, 6.07) is 25.8. The van der Waals surface area contributed by atoms with E-state index >= 15 is 0 Å². The maximum Gasteiger partial charge on any atom is 0.341 e. The molecule has 3 aromatic carbocycles. The minimum atomic E-state index is -0.383. The Balaban J connectivity index is 1.18. The van der Waals surface area contributed by atoms with E-state index in [2.05, 4.69) is 81.8 Å². The predicted octanol–water partition coefficient (Wildman–Crippen LogP) is 5.90. The van der Waals surface area contributed by atoms with Crippen molar-refractivity contribution >= 4 is 5.97 Å². The number of aryl methyl sites for hydroxylation is 1. The topological polar surface area (TPSA) is 87.3 Å². The molecule has 0 N–H and O–H groups in total. The van der Waals surface area contributed by atoms with E-state index in [-0.39, 0.29) is 17.8 Å². The number of methoxy groups -OCH3 is 1. The maximum absolute atomic E-state index is 12.8. The van der Waals surface area contributed by atoms with Crippen molar-refractivity contribution < 1.29 is 14.3 Å². The van der Waals surface area contributed by atoms with Gasteiger partial charge in [0.2, 0.25) is 0 Å². The third kappa shape index (κ3) is 5.39. The first-order chi connectivity index (χ1) is 21.5. The van der Waals surface area contributed by atoms with Gasteiger partial charge in [-0.2, -0.15) is 5.10 Å². The number of esters is 1. The minimum Gasteiger partial charge on any atom is -0.492 e. The van der Waals surface area contributed by atoms with Crippen LogP contribution in [0.3, 0.4) is 0 Å². The van der Waals surface area contributed by atoms with E-state index in [0.717, 1.165) is 59.9 Å². The van der Waals surface area contributed by atoms with Crippen LogP contribution in [0.15, 0.2) is 85.2 Å². The Kier molecular flexibility index (Phi) is 7.47. The number of para-hydroxylation sites is 1. The molecule has 44 heavy (non-hydrogen) atoms. The van der Waals surface area contributed by atoms with E-state index < -0.39 is 0 Å². The molecule has 1 aliphatic heterocycles. The SMILES string of the molecule is CCC1COc2ccccc2CN1Cc1cccc(-c2cccc(-n3ncc(C(=O)OC)c3[C@H]3C[C@@H]3c3cn(C)nn3)c2)c1. The Labute approximate surface area is 257 Å². The van der Waals surface area contributed by atoms with Gasteiger partial charge in [-0.05, 0) is 53.8 Å². The van der Waals surface area contributed by atoms with E-state index in [0.29, 0.717) is 18.2 Å². The van der Waals surface area contributed by atoms with Crippen molar-refractivity contribution in [1.82, 2.24) is 29.7 Å². The molecule has 0 radical (unpaired) electrons. The Morgan fingerprint density at radius 2 is 1.84 bits per heavy atom. The van der Waals surface area contributed by atoms with Gasteiger partial charge in [-0.1, -0.05) is 60.7 Å². The van der Waals surface area contributed by atoms with Gasteiger partial charge in [0.05, 0.1) is 30.4 Å². The molecule has 0 amide bonds. The minimum absolute atomic E-state index is 0.101. The van der Waals surface area contributed by atoms with Crippen LogP contribution in [-0.4, -0.2) is 55.4 Å². The van der Waals surface area contributed by atoms with Crippen LogP contribution < -0.4 is 4.74 Å².